The molecule has 0 unspecified atom stereocenters. The number of rotatable bonds is 1. The maximum Gasteiger partial charge on any atom is 0.259 e. The van der Waals surface area contributed by atoms with Crippen LogP contribution in [0, 0.1) is 13.8 Å². The van der Waals surface area contributed by atoms with Crippen molar-refractivity contribution in [1.29, 1.82) is 0 Å². The fourth-order valence-electron chi connectivity index (χ4n) is 1.57. The smallest absolute Gasteiger partial charge is 0.259 e. The molecule has 1 saturated heterocycles. The summed E-state index contributed by atoms with van der Waals surface area (Å²) in [5.74, 6) is 0.431. The van der Waals surface area contributed by atoms with Crippen LogP contribution in [0.25, 0.3) is 0 Å². The van der Waals surface area contributed by atoms with Crippen molar-refractivity contribution < 1.29 is 14.4 Å². The second kappa shape index (κ2) is 3.09. The van der Waals surface area contributed by atoms with Crippen LogP contribution in [0.4, 0.5) is 0 Å². The molecule has 0 bridgehead atoms. The van der Waals surface area contributed by atoms with E-state index in [1.54, 1.807) is 18.7 Å². The van der Waals surface area contributed by atoms with Crippen LogP contribution in [0.3, 0.4) is 0 Å². The van der Waals surface area contributed by atoms with Crippen LogP contribution in [0.2, 0.25) is 0 Å². The zero-order chi connectivity index (χ0) is 10.3. The number of amides is 1. The minimum atomic E-state index is -0.376. The molecule has 5 heteroatoms. The Morgan fingerprint density at radius 2 is 2.21 bits per heavy atom. The van der Waals surface area contributed by atoms with Crippen LogP contribution < -0.4 is 0 Å². The van der Waals surface area contributed by atoms with Gasteiger partial charge < -0.3 is 14.5 Å². The van der Waals surface area contributed by atoms with Gasteiger partial charge >= 0.3 is 0 Å². The molecule has 1 aromatic rings. The van der Waals surface area contributed by atoms with E-state index >= 15 is 0 Å². The van der Waals surface area contributed by atoms with E-state index < -0.39 is 0 Å². The molecule has 0 spiro atoms. The molecule has 1 fully saturated rings. The topological polar surface area (TPSA) is 66.6 Å². The molecule has 0 aliphatic carbocycles. The minimum absolute atomic E-state index is 0.105. The zero-order valence-electron chi connectivity index (χ0n) is 8.15. The van der Waals surface area contributed by atoms with Crippen molar-refractivity contribution in [3.63, 3.8) is 0 Å². The van der Waals surface area contributed by atoms with Crippen LogP contribution in [0.15, 0.2) is 4.52 Å². The summed E-state index contributed by atoms with van der Waals surface area (Å²) in [6.45, 7) is 4.26. The fraction of sp³-hybridized carbons (Fsp3) is 0.556. The summed E-state index contributed by atoms with van der Waals surface area (Å²) in [6, 6.07) is 0. The normalized spacial score (nSPS) is 16.9. The molecule has 2 heterocycles. The summed E-state index contributed by atoms with van der Waals surface area (Å²) in [5.41, 5.74) is 1.13. The lowest BCUT2D eigenvalue weighted by Gasteiger charge is -2.35. The van der Waals surface area contributed by atoms with E-state index in [9.17, 15) is 4.79 Å². The van der Waals surface area contributed by atoms with Crippen LogP contribution in [0.1, 0.15) is 21.8 Å². The second-order valence-electron chi connectivity index (χ2n) is 3.56. The Balaban J connectivity index is 2.19. The van der Waals surface area contributed by atoms with Crippen molar-refractivity contribution in [2.75, 3.05) is 13.1 Å². The van der Waals surface area contributed by atoms with Gasteiger partial charge in [0.1, 0.15) is 11.3 Å². The predicted octanol–water partition coefficient (Wildman–Crippen LogP) is 0.108. The third kappa shape index (κ3) is 1.29. The number of aromatic nitrogens is 1. The van der Waals surface area contributed by atoms with Crippen LogP contribution in [-0.4, -0.2) is 40.3 Å². The fourth-order valence-corrected chi connectivity index (χ4v) is 1.57. The van der Waals surface area contributed by atoms with Gasteiger partial charge in [-0.05, 0) is 13.8 Å². The highest BCUT2D eigenvalue weighted by Gasteiger charge is 2.32. The van der Waals surface area contributed by atoms with Gasteiger partial charge in [-0.15, -0.1) is 0 Å². The Kier molecular flexibility index (Phi) is 2.03. The van der Waals surface area contributed by atoms with E-state index in [-0.39, 0.29) is 12.0 Å². The molecule has 0 radical (unpaired) electrons. The molecule has 1 amide bonds. The number of hydrogen-bond acceptors (Lipinski definition) is 4. The van der Waals surface area contributed by atoms with E-state index in [0.717, 1.165) is 0 Å². The number of likely N-dealkylation sites (tertiary alicyclic amines) is 1. The zero-order valence-corrected chi connectivity index (χ0v) is 8.15. The van der Waals surface area contributed by atoms with Gasteiger partial charge in [0.2, 0.25) is 0 Å². The van der Waals surface area contributed by atoms with Crippen molar-refractivity contribution in [2.24, 2.45) is 0 Å². The molecule has 1 aromatic heterocycles. The van der Waals surface area contributed by atoms with Crippen molar-refractivity contribution in [3.8, 4) is 0 Å². The Bertz CT molecular complexity index is 347. The Labute approximate surface area is 81.3 Å². The summed E-state index contributed by atoms with van der Waals surface area (Å²) in [6.07, 6.45) is -0.376. The first-order valence-electron chi connectivity index (χ1n) is 4.50. The van der Waals surface area contributed by atoms with E-state index in [0.29, 0.717) is 30.1 Å². The van der Waals surface area contributed by atoms with Crippen LogP contribution in [0.5, 0.6) is 0 Å². The largest absolute Gasteiger partial charge is 0.389 e. The second-order valence-corrected chi connectivity index (χ2v) is 3.56. The summed E-state index contributed by atoms with van der Waals surface area (Å²) >= 11 is 0. The number of aryl methyl sites for hydroxylation is 2. The molecule has 1 aliphatic heterocycles. The molecule has 1 N–H and O–H groups in total. The van der Waals surface area contributed by atoms with Gasteiger partial charge in [-0.1, -0.05) is 5.16 Å². The van der Waals surface area contributed by atoms with E-state index in [4.69, 9.17) is 9.63 Å². The molecular formula is C9H12N2O3. The number of carbonyl (C=O) groups is 1. The van der Waals surface area contributed by atoms with Crippen LogP contribution in [-0.2, 0) is 0 Å². The predicted molar refractivity (Wildman–Crippen MR) is 47.9 cm³/mol. The van der Waals surface area contributed by atoms with Gasteiger partial charge in [-0.25, -0.2) is 0 Å². The van der Waals surface area contributed by atoms with E-state index in [1.807, 2.05) is 0 Å². The van der Waals surface area contributed by atoms with E-state index in [1.165, 1.54) is 0 Å². The Morgan fingerprint density at radius 3 is 2.64 bits per heavy atom. The maximum atomic E-state index is 11.8. The molecular weight excluding hydrogens is 184 g/mol. The molecule has 0 atom stereocenters. The van der Waals surface area contributed by atoms with Crippen molar-refractivity contribution in [1.82, 2.24) is 10.1 Å². The molecule has 0 saturated carbocycles. The summed E-state index contributed by atoms with van der Waals surface area (Å²) in [7, 11) is 0. The highest BCUT2D eigenvalue weighted by Crippen LogP contribution is 2.18. The highest BCUT2D eigenvalue weighted by atomic mass is 16.5. The van der Waals surface area contributed by atoms with Crippen molar-refractivity contribution >= 4 is 5.91 Å². The number of nitrogens with zero attached hydrogens (tertiary/aromatic N) is 2. The lowest BCUT2D eigenvalue weighted by atomic mass is 10.1. The van der Waals surface area contributed by atoms with Crippen molar-refractivity contribution in [2.45, 2.75) is 20.0 Å². The number of hydrogen-bond donors (Lipinski definition) is 1. The lowest BCUT2D eigenvalue weighted by Crippen LogP contribution is -2.53. The van der Waals surface area contributed by atoms with Gasteiger partial charge in [-0.2, -0.15) is 0 Å². The lowest BCUT2D eigenvalue weighted by molar-refractivity contribution is 0.00573. The first kappa shape index (κ1) is 9.21. The average molecular weight is 196 g/mol. The summed E-state index contributed by atoms with van der Waals surface area (Å²) in [5, 5.41) is 12.8. The van der Waals surface area contributed by atoms with Gasteiger partial charge in [-0.3, -0.25) is 4.79 Å². The van der Waals surface area contributed by atoms with Gasteiger partial charge in [0.15, 0.2) is 0 Å². The molecule has 5 nitrogen and oxygen atoms in total. The van der Waals surface area contributed by atoms with Crippen LogP contribution >= 0.6 is 0 Å². The van der Waals surface area contributed by atoms with Gasteiger partial charge in [0, 0.05) is 13.1 Å². The monoisotopic (exact) mass is 196 g/mol. The molecule has 0 aromatic carbocycles. The average Bonchev–Trinajstić information content (AvgIpc) is 2.40. The number of carbonyl (C=O) groups excluding carboxylic acids is 1. The van der Waals surface area contributed by atoms with Crippen molar-refractivity contribution in [3.05, 3.63) is 17.0 Å². The van der Waals surface area contributed by atoms with Gasteiger partial charge in [0.25, 0.3) is 5.91 Å². The molecule has 76 valence electrons. The third-order valence-corrected chi connectivity index (χ3v) is 2.40. The van der Waals surface area contributed by atoms with E-state index in [2.05, 4.69) is 5.16 Å². The SMILES string of the molecule is Cc1noc(C)c1C(=O)N1CC(O)C1. The minimum Gasteiger partial charge on any atom is -0.389 e. The number of β-amino-alcohol motifs (C(OH)–C–C–N with tert-alkyl or cyclic N) is 1. The number of aliphatic hydroxyl groups is 1. The number of aliphatic hydroxyl groups excluding tert-OH is 1. The Hall–Kier alpha value is -1.36. The first-order valence-corrected chi connectivity index (χ1v) is 4.50. The third-order valence-electron chi connectivity index (χ3n) is 2.40. The highest BCUT2D eigenvalue weighted by molar-refractivity contribution is 5.96. The summed E-state index contributed by atoms with van der Waals surface area (Å²) < 4.78 is 4.90. The molecule has 1 aliphatic rings. The molecule has 14 heavy (non-hydrogen) atoms. The Morgan fingerprint density at radius 1 is 1.57 bits per heavy atom. The standard InChI is InChI=1S/C9H12N2O3/c1-5-8(6(2)14-10-5)9(13)11-3-7(12)4-11/h7,12H,3-4H2,1-2H3. The molecule has 2 rings (SSSR count). The quantitative estimate of drug-likeness (QED) is 0.692. The first-order chi connectivity index (χ1) is 6.59. The summed E-state index contributed by atoms with van der Waals surface area (Å²) in [4.78, 5) is 13.4. The maximum absolute atomic E-state index is 11.8. The van der Waals surface area contributed by atoms with Gasteiger partial charge in [0.05, 0.1) is 11.8 Å².